The van der Waals surface area contributed by atoms with E-state index in [9.17, 15) is 9.59 Å². The predicted octanol–water partition coefficient (Wildman–Crippen LogP) is 5.92. The van der Waals surface area contributed by atoms with Gasteiger partial charge >= 0.3 is 0 Å². The Hall–Kier alpha value is -3.86. The number of rotatable bonds is 3. The van der Waals surface area contributed by atoms with Gasteiger partial charge in [0.25, 0.3) is 0 Å². The van der Waals surface area contributed by atoms with Gasteiger partial charge in [0.1, 0.15) is 5.75 Å². The van der Waals surface area contributed by atoms with E-state index < -0.39 is 6.04 Å². The van der Waals surface area contributed by atoms with Crippen molar-refractivity contribution in [3.05, 3.63) is 101 Å². The summed E-state index contributed by atoms with van der Waals surface area (Å²) in [5.41, 5.74) is 6.39. The number of nitrogens with zero attached hydrogens (tertiary/aromatic N) is 1. The van der Waals surface area contributed by atoms with Crippen LogP contribution in [0.25, 0.3) is 0 Å². The Morgan fingerprint density at radius 2 is 1.62 bits per heavy atom. The average molecular weight is 453 g/mol. The van der Waals surface area contributed by atoms with Crippen molar-refractivity contribution >= 4 is 23.1 Å². The highest BCUT2D eigenvalue weighted by molar-refractivity contribution is 6.06. The SMILES string of the molecule is COc1ccc([C@H]2C3=C(C[C@@H](c4ccc(C)cc4)CC3=O)Nc3ccccc3N2C(C)=O)cc1. The molecule has 1 heterocycles. The van der Waals surface area contributed by atoms with Crippen molar-refractivity contribution in [2.45, 2.75) is 38.6 Å². The molecule has 0 spiro atoms. The minimum atomic E-state index is -0.513. The number of para-hydroxylation sites is 2. The van der Waals surface area contributed by atoms with Crippen molar-refractivity contribution in [3.63, 3.8) is 0 Å². The summed E-state index contributed by atoms with van der Waals surface area (Å²) in [6, 6.07) is 23.3. The highest BCUT2D eigenvalue weighted by atomic mass is 16.5. The Morgan fingerprint density at radius 1 is 0.941 bits per heavy atom. The van der Waals surface area contributed by atoms with Crippen LogP contribution in [0.2, 0.25) is 0 Å². The van der Waals surface area contributed by atoms with Crippen LogP contribution in [-0.4, -0.2) is 18.8 Å². The van der Waals surface area contributed by atoms with Gasteiger partial charge in [-0.1, -0.05) is 54.1 Å². The lowest BCUT2D eigenvalue weighted by Gasteiger charge is -2.34. The summed E-state index contributed by atoms with van der Waals surface area (Å²) in [7, 11) is 1.62. The minimum absolute atomic E-state index is 0.0687. The molecule has 3 aromatic carbocycles. The quantitative estimate of drug-likeness (QED) is 0.536. The molecule has 0 unspecified atom stereocenters. The van der Waals surface area contributed by atoms with Crippen LogP contribution in [0.15, 0.2) is 84.1 Å². The Morgan fingerprint density at radius 3 is 2.29 bits per heavy atom. The van der Waals surface area contributed by atoms with Gasteiger partial charge in [0.2, 0.25) is 5.91 Å². The number of ketones is 1. The number of hydrogen-bond acceptors (Lipinski definition) is 4. The average Bonchev–Trinajstić information content (AvgIpc) is 2.99. The van der Waals surface area contributed by atoms with E-state index in [1.807, 2.05) is 48.5 Å². The molecule has 1 aliphatic heterocycles. The molecule has 0 saturated heterocycles. The first-order valence-electron chi connectivity index (χ1n) is 11.6. The molecule has 172 valence electrons. The number of fused-ring (bicyclic) bond motifs is 1. The van der Waals surface area contributed by atoms with Crippen molar-refractivity contribution in [2.24, 2.45) is 0 Å². The van der Waals surface area contributed by atoms with E-state index in [4.69, 9.17) is 4.74 Å². The molecule has 1 N–H and O–H groups in total. The number of aryl methyl sites for hydroxylation is 1. The van der Waals surface area contributed by atoms with Crippen LogP contribution >= 0.6 is 0 Å². The highest BCUT2D eigenvalue weighted by Crippen LogP contribution is 2.47. The lowest BCUT2D eigenvalue weighted by atomic mass is 9.78. The molecule has 2 aliphatic rings. The fourth-order valence-electron chi connectivity index (χ4n) is 5.11. The van der Waals surface area contributed by atoms with Gasteiger partial charge in [-0.05, 0) is 54.7 Å². The summed E-state index contributed by atoms with van der Waals surface area (Å²) < 4.78 is 5.34. The molecule has 0 bridgehead atoms. The van der Waals surface area contributed by atoms with E-state index in [1.165, 1.54) is 5.56 Å². The van der Waals surface area contributed by atoms with Gasteiger partial charge in [0, 0.05) is 24.6 Å². The zero-order chi connectivity index (χ0) is 23.8. The zero-order valence-corrected chi connectivity index (χ0v) is 19.7. The van der Waals surface area contributed by atoms with Crippen molar-refractivity contribution in [1.82, 2.24) is 0 Å². The summed E-state index contributed by atoms with van der Waals surface area (Å²) in [6.07, 6.45) is 1.12. The maximum absolute atomic E-state index is 13.8. The largest absolute Gasteiger partial charge is 0.497 e. The maximum atomic E-state index is 13.8. The van der Waals surface area contributed by atoms with E-state index in [2.05, 4.69) is 36.5 Å². The topological polar surface area (TPSA) is 58.6 Å². The van der Waals surface area contributed by atoms with E-state index in [-0.39, 0.29) is 17.6 Å². The number of nitrogens with one attached hydrogen (secondary N) is 1. The second-order valence-corrected chi connectivity index (χ2v) is 9.04. The lowest BCUT2D eigenvalue weighted by Crippen LogP contribution is -2.37. The molecule has 5 heteroatoms. The highest BCUT2D eigenvalue weighted by Gasteiger charge is 2.40. The van der Waals surface area contributed by atoms with E-state index in [0.29, 0.717) is 18.4 Å². The number of allylic oxidation sites excluding steroid dienone is 1. The van der Waals surface area contributed by atoms with Gasteiger partial charge < -0.3 is 10.1 Å². The summed E-state index contributed by atoms with van der Waals surface area (Å²) >= 11 is 0. The third-order valence-corrected chi connectivity index (χ3v) is 6.81. The van der Waals surface area contributed by atoms with E-state index in [0.717, 1.165) is 33.9 Å². The van der Waals surface area contributed by atoms with Gasteiger partial charge in [0.15, 0.2) is 5.78 Å². The summed E-state index contributed by atoms with van der Waals surface area (Å²) in [4.78, 5) is 28.6. The standard InChI is InChI=1S/C29H28N2O3/c1-18-8-10-20(11-9-18)22-16-25-28(27(33)17-22)29(21-12-14-23(34-3)15-13-21)31(19(2)32)26-7-5-4-6-24(26)30-25/h4-15,22,29-30H,16-17H2,1-3H3/t22-,29+/m1/s1. The molecule has 0 saturated carbocycles. The number of ether oxygens (including phenoxy) is 1. The van der Waals surface area contributed by atoms with Crippen LogP contribution < -0.4 is 15.0 Å². The van der Waals surface area contributed by atoms with Gasteiger partial charge in [-0.2, -0.15) is 0 Å². The number of carbonyl (C=O) groups is 2. The van der Waals surface area contributed by atoms with Gasteiger partial charge in [-0.25, -0.2) is 0 Å². The molecule has 0 aromatic heterocycles. The van der Waals surface area contributed by atoms with Crippen molar-refractivity contribution in [1.29, 1.82) is 0 Å². The molecular weight excluding hydrogens is 424 g/mol. The number of amides is 1. The Bertz CT molecular complexity index is 1280. The van der Waals surface area contributed by atoms with Gasteiger partial charge in [-0.15, -0.1) is 0 Å². The number of hydrogen-bond donors (Lipinski definition) is 1. The Balaban J connectivity index is 1.68. The minimum Gasteiger partial charge on any atom is -0.497 e. The van der Waals surface area contributed by atoms with Crippen LogP contribution in [0, 0.1) is 6.92 Å². The first-order chi connectivity index (χ1) is 16.5. The smallest absolute Gasteiger partial charge is 0.224 e. The third-order valence-electron chi connectivity index (χ3n) is 6.81. The number of anilines is 2. The Labute approximate surface area is 200 Å². The molecule has 5 rings (SSSR count). The zero-order valence-electron chi connectivity index (χ0n) is 19.7. The fourth-order valence-corrected chi connectivity index (χ4v) is 5.11. The van der Waals surface area contributed by atoms with E-state index in [1.54, 1.807) is 18.9 Å². The summed E-state index contributed by atoms with van der Waals surface area (Å²) in [5, 5.41) is 3.55. The number of carbonyl (C=O) groups excluding carboxylic acids is 2. The van der Waals surface area contributed by atoms with Crippen LogP contribution in [-0.2, 0) is 9.59 Å². The number of benzene rings is 3. The molecule has 0 fully saturated rings. The molecule has 1 aliphatic carbocycles. The van der Waals surface area contributed by atoms with Crippen LogP contribution in [0.4, 0.5) is 11.4 Å². The van der Waals surface area contributed by atoms with Crippen LogP contribution in [0.1, 0.15) is 48.4 Å². The molecule has 5 nitrogen and oxygen atoms in total. The fraction of sp³-hybridized carbons (Fsp3) is 0.241. The summed E-state index contributed by atoms with van der Waals surface area (Å²) in [5.74, 6) is 0.775. The molecule has 3 aromatic rings. The second-order valence-electron chi connectivity index (χ2n) is 9.04. The molecule has 34 heavy (non-hydrogen) atoms. The molecule has 2 atom stereocenters. The summed E-state index contributed by atoms with van der Waals surface area (Å²) in [6.45, 7) is 3.62. The predicted molar refractivity (Wildman–Crippen MR) is 134 cm³/mol. The van der Waals surface area contributed by atoms with Gasteiger partial charge in [0.05, 0.1) is 24.5 Å². The lowest BCUT2D eigenvalue weighted by molar-refractivity contribution is -0.117. The van der Waals surface area contributed by atoms with Crippen LogP contribution in [0.3, 0.4) is 0 Å². The first kappa shape index (κ1) is 22.0. The molecule has 1 amide bonds. The normalized spacial score (nSPS) is 19.6. The molecular formula is C29H28N2O3. The monoisotopic (exact) mass is 452 g/mol. The van der Waals surface area contributed by atoms with E-state index >= 15 is 0 Å². The number of methoxy groups -OCH3 is 1. The maximum Gasteiger partial charge on any atom is 0.224 e. The number of Topliss-reactive ketones (excluding diaryl/α,β-unsaturated/α-hetero) is 1. The Kier molecular flexibility index (Phi) is 5.70. The molecule has 0 radical (unpaired) electrons. The van der Waals surface area contributed by atoms with Gasteiger partial charge in [-0.3, -0.25) is 14.5 Å². The first-order valence-corrected chi connectivity index (χ1v) is 11.6. The van der Waals surface area contributed by atoms with Crippen LogP contribution in [0.5, 0.6) is 5.75 Å². The van der Waals surface area contributed by atoms with Crippen molar-refractivity contribution in [2.75, 3.05) is 17.3 Å². The third kappa shape index (κ3) is 3.87. The van der Waals surface area contributed by atoms with Crippen molar-refractivity contribution < 1.29 is 14.3 Å². The second kappa shape index (κ2) is 8.82. The van der Waals surface area contributed by atoms with Crippen molar-refractivity contribution in [3.8, 4) is 5.75 Å².